The van der Waals surface area contributed by atoms with E-state index in [1.807, 2.05) is 24.3 Å². The summed E-state index contributed by atoms with van der Waals surface area (Å²) in [6.07, 6.45) is 3.41. The average Bonchev–Trinajstić information content (AvgIpc) is 2.51. The van der Waals surface area contributed by atoms with Crippen LogP contribution < -0.4 is 0 Å². The van der Waals surface area contributed by atoms with Crippen LogP contribution in [0.1, 0.15) is 28.6 Å². The van der Waals surface area contributed by atoms with E-state index in [0.29, 0.717) is 0 Å². The second kappa shape index (κ2) is 8.26. The van der Waals surface area contributed by atoms with Crippen molar-refractivity contribution in [3.63, 3.8) is 0 Å². The predicted molar refractivity (Wildman–Crippen MR) is 106 cm³/mol. The highest BCUT2D eigenvalue weighted by atomic mass is 79.9. The Bertz CT molecular complexity index is 705. The molecular formula is C14H8BrCl6N3. The molecule has 2 rings (SSSR count). The Hall–Kier alpha value is 0.190. The molecule has 1 aromatic heterocycles. The maximum Gasteiger partial charge on any atom is 0.250 e. The van der Waals surface area contributed by atoms with Crippen molar-refractivity contribution < 1.29 is 0 Å². The van der Waals surface area contributed by atoms with Gasteiger partial charge in [0.25, 0.3) is 0 Å². The molecule has 0 bridgehead atoms. The van der Waals surface area contributed by atoms with Crippen LogP contribution in [0.15, 0.2) is 24.3 Å². The van der Waals surface area contributed by atoms with Gasteiger partial charge in [-0.15, -0.1) is 0 Å². The molecule has 0 unspecified atom stereocenters. The molecule has 0 aliphatic heterocycles. The lowest BCUT2D eigenvalue weighted by Gasteiger charge is -2.14. The van der Waals surface area contributed by atoms with Gasteiger partial charge in [-0.05, 0) is 17.2 Å². The van der Waals surface area contributed by atoms with Gasteiger partial charge in [-0.3, -0.25) is 0 Å². The SMILES string of the molecule is ClC(Cl)(Cl)c1nc(C=Cc2ccc(CBr)cc2)nc(C(Cl)(Cl)Cl)n1. The Morgan fingerprint density at radius 3 is 1.71 bits per heavy atom. The third-order valence-corrected chi connectivity index (χ3v) is 4.38. The number of benzene rings is 1. The first-order valence-electron chi connectivity index (χ1n) is 6.33. The molecular weight excluding hydrogens is 503 g/mol. The third-order valence-electron chi connectivity index (χ3n) is 2.72. The number of alkyl halides is 7. The summed E-state index contributed by atoms with van der Waals surface area (Å²) in [6.45, 7) is 0. The second-order valence-corrected chi connectivity index (χ2v) is 9.67. The van der Waals surface area contributed by atoms with Crippen LogP contribution in [-0.2, 0) is 12.9 Å². The largest absolute Gasteiger partial charge is 0.250 e. The number of hydrogen-bond donors (Lipinski definition) is 0. The van der Waals surface area contributed by atoms with E-state index in [1.54, 1.807) is 12.2 Å². The molecule has 1 heterocycles. The number of aromatic nitrogens is 3. The van der Waals surface area contributed by atoms with Gasteiger partial charge in [0.15, 0.2) is 17.5 Å². The molecule has 24 heavy (non-hydrogen) atoms. The van der Waals surface area contributed by atoms with Crippen LogP contribution in [0.25, 0.3) is 12.2 Å². The van der Waals surface area contributed by atoms with Crippen molar-refractivity contribution in [1.29, 1.82) is 0 Å². The maximum atomic E-state index is 5.82. The second-order valence-electron chi connectivity index (χ2n) is 4.54. The van der Waals surface area contributed by atoms with E-state index in [2.05, 4.69) is 30.9 Å². The van der Waals surface area contributed by atoms with Crippen molar-refractivity contribution in [3.05, 3.63) is 52.9 Å². The quantitative estimate of drug-likeness (QED) is 0.437. The number of rotatable bonds is 3. The van der Waals surface area contributed by atoms with E-state index < -0.39 is 7.59 Å². The van der Waals surface area contributed by atoms with Gasteiger partial charge in [0, 0.05) is 5.33 Å². The molecule has 0 amide bonds. The molecule has 128 valence electrons. The van der Waals surface area contributed by atoms with Crippen LogP contribution in [0.3, 0.4) is 0 Å². The van der Waals surface area contributed by atoms with Crippen molar-refractivity contribution in [2.24, 2.45) is 0 Å². The first-order valence-corrected chi connectivity index (χ1v) is 9.72. The monoisotopic (exact) mass is 507 g/mol. The van der Waals surface area contributed by atoms with E-state index in [9.17, 15) is 0 Å². The summed E-state index contributed by atoms with van der Waals surface area (Å²) < 4.78 is -3.73. The Kier molecular flexibility index (Phi) is 7.05. The molecule has 0 atom stereocenters. The van der Waals surface area contributed by atoms with Gasteiger partial charge in [0.1, 0.15) is 0 Å². The fraction of sp³-hybridized carbons (Fsp3) is 0.214. The molecule has 0 radical (unpaired) electrons. The normalized spacial score (nSPS) is 12.8. The van der Waals surface area contributed by atoms with E-state index >= 15 is 0 Å². The minimum absolute atomic E-state index is 0.127. The molecule has 2 aromatic rings. The topological polar surface area (TPSA) is 38.7 Å². The zero-order valence-corrected chi connectivity index (χ0v) is 17.8. The van der Waals surface area contributed by atoms with Crippen LogP contribution in [0.4, 0.5) is 0 Å². The third kappa shape index (κ3) is 5.87. The van der Waals surface area contributed by atoms with Crippen molar-refractivity contribution in [3.8, 4) is 0 Å². The molecule has 0 fully saturated rings. The highest BCUT2D eigenvalue weighted by Crippen LogP contribution is 2.39. The van der Waals surface area contributed by atoms with Gasteiger partial charge in [0.2, 0.25) is 7.59 Å². The van der Waals surface area contributed by atoms with E-state index in [4.69, 9.17) is 69.6 Å². The van der Waals surface area contributed by atoms with E-state index in [-0.39, 0.29) is 17.5 Å². The van der Waals surface area contributed by atoms with Crippen LogP contribution in [0, 0.1) is 0 Å². The first-order chi connectivity index (χ1) is 11.1. The van der Waals surface area contributed by atoms with Crippen molar-refractivity contribution >= 4 is 97.7 Å². The van der Waals surface area contributed by atoms with Crippen molar-refractivity contribution in [2.45, 2.75) is 12.9 Å². The van der Waals surface area contributed by atoms with E-state index in [0.717, 1.165) is 16.5 Å². The highest BCUT2D eigenvalue weighted by molar-refractivity contribution is 9.08. The number of nitrogens with zero attached hydrogens (tertiary/aromatic N) is 3. The zero-order chi connectivity index (χ0) is 18.0. The summed E-state index contributed by atoms with van der Waals surface area (Å²) in [7, 11) is 0. The molecule has 0 saturated heterocycles. The van der Waals surface area contributed by atoms with Gasteiger partial charge in [-0.25, -0.2) is 15.0 Å². The molecule has 0 saturated carbocycles. The first kappa shape index (κ1) is 20.5. The summed E-state index contributed by atoms with van der Waals surface area (Å²) in [4.78, 5) is 12.1. The molecule has 0 spiro atoms. The molecule has 0 N–H and O–H groups in total. The summed E-state index contributed by atoms with van der Waals surface area (Å²) in [5, 5.41) is 0.781. The lowest BCUT2D eigenvalue weighted by atomic mass is 10.1. The van der Waals surface area contributed by atoms with Crippen LogP contribution in [0.2, 0.25) is 0 Å². The van der Waals surface area contributed by atoms with E-state index in [1.165, 1.54) is 0 Å². The van der Waals surface area contributed by atoms with Crippen molar-refractivity contribution in [2.75, 3.05) is 0 Å². The summed E-state index contributed by atoms with van der Waals surface area (Å²) >= 11 is 38.3. The van der Waals surface area contributed by atoms with Gasteiger partial charge in [-0.2, -0.15) is 0 Å². The summed E-state index contributed by atoms with van der Waals surface area (Å²) in [6, 6.07) is 7.86. The van der Waals surface area contributed by atoms with Gasteiger partial charge >= 0.3 is 0 Å². The number of hydrogen-bond acceptors (Lipinski definition) is 3. The fourth-order valence-electron chi connectivity index (χ4n) is 1.61. The predicted octanol–water partition coefficient (Wildman–Crippen LogP) is 6.59. The molecule has 1 aromatic carbocycles. The lowest BCUT2D eigenvalue weighted by Crippen LogP contribution is -2.16. The molecule has 0 aliphatic rings. The Morgan fingerprint density at radius 2 is 1.29 bits per heavy atom. The molecule has 0 aliphatic carbocycles. The maximum absolute atomic E-state index is 5.82. The van der Waals surface area contributed by atoms with Crippen LogP contribution in [-0.4, -0.2) is 15.0 Å². The molecule has 10 heteroatoms. The number of halogens is 7. The Balaban J connectivity index is 2.39. The van der Waals surface area contributed by atoms with Crippen molar-refractivity contribution in [1.82, 2.24) is 15.0 Å². The summed E-state index contributed by atoms with van der Waals surface area (Å²) in [5.74, 6) is -0.0477. The zero-order valence-electron chi connectivity index (χ0n) is 11.7. The van der Waals surface area contributed by atoms with Gasteiger partial charge in [-0.1, -0.05) is 116 Å². The lowest BCUT2D eigenvalue weighted by molar-refractivity contribution is 0.835. The van der Waals surface area contributed by atoms with Gasteiger partial charge < -0.3 is 0 Å². The fourth-order valence-corrected chi connectivity index (χ4v) is 2.49. The minimum Gasteiger partial charge on any atom is -0.209 e. The minimum atomic E-state index is -1.87. The van der Waals surface area contributed by atoms with Crippen LogP contribution in [0.5, 0.6) is 0 Å². The Morgan fingerprint density at radius 1 is 0.792 bits per heavy atom. The Labute approximate surface area is 177 Å². The molecule has 3 nitrogen and oxygen atoms in total. The van der Waals surface area contributed by atoms with Crippen LogP contribution >= 0.6 is 85.5 Å². The standard InChI is InChI=1S/C14H8BrCl6N3/c15-7-9-3-1-8(2-4-9)5-6-10-22-11(13(16,17)18)24-12(23-10)14(19,20)21/h1-6H,7H2. The van der Waals surface area contributed by atoms with Gasteiger partial charge in [0.05, 0.1) is 0 Å². The smallest absolute Gasteiger partial charge is 0.209 e. The average molecular weight is 511 g/mol. The highest BCUT2D eigenvalue weighted by Gasteiger charge is 2.33. The summed E-state index contributed by atoms with van der Waals surface area (Å²) in [5.41, 5.74) is 2.09.